The molecule has 0 spiro atoms. The Morgan fingerprint density at radius 2 is 1.89 bits per heavy atom. The summed E-state index contributed by atoms with van der Waals surface area (Å²) in [5.41, 5.74) is 0.734. The number of imidazole rings is 1. The topological polar surface area (TPSA) is 95.3 Å². The van der Waals surface area contributed by atoms with Crippen LogP contribution in [0.15, 0.2) is 59.9 Å². The number of nitrogens with zero attached hydrogens (tertiary/aromatic N) is 3. The van der Waals surface area contributed by atoms with Crippen LogP contribution in [-0.2, 0) is 16.6 Å². The fourth-order valence-corrected chi connectivity index (χ4v) is 3.83. The van der Waals surface area contributed by atoms with Gasteiger partial charge in [-0.3, -0.25) is 4.98 Å². The molecule has 1 aromatic carbocycles. The van der Waals surface area contributed by atoms with E-state index in [1.165, 1.54) is 12.1 Å². The summed E-state index contributed by atoms with van der Waals surface area (Å²) in [5.74, 6) is 1.68. The molecule has 0 fully saturated rings. The highest BCUT2D eigenvalue weighted by molar-refractivity contribution is 7.89. The van der Waals surface area contributed by atoms with Crippen molar-refractivity contribution < 1.29 is 17.9 Å². The summed E-state index contributed by atoms with van der Waals surface area (Å²) in [6.07, 6.45) is 5.15. The van der Waals surface area contributed by atoms with Crippen molar-refractivity contribution in [3.8, 4) is 23.0 Å². The minimum atomic E-state index is -3.66. The smallest absolute Gasteiger partial charge is 0.240 e. The second-order valence-corrected chi connectivity index (χ2v) is 7.63. The number of ether oxygens (including phenoxy) is 2. The molecule has 0 saturated carbocycles. The first-order chi connectivity index (χ1) is 13.1. The van der Waals surface area contributed by atoms with E-state index in [1.54, 1.807) is 24.7 Å². The molecule has 0 amide bonds. The van der Waals surface area contributed by atoms with E-state index in [2.05, 4.69) is 14.7 Å². The predicted octanol–water partition coefficient (Wildman–Crippen LogP) is 1.69. The van der Waals surface area contributed by atoms with Gasteiger partial charge < -0.3 is 14.0 Å². The van der Waals surface area contributed by atoms with Gasteiger partial charge in [-0.1, -0.05) is 6.07 Å². The van der Waals surface area contributed by atoms with Gasteiger partial charge in [0.1, 0.15) is 18.9 Å². The molecule has 3 heterocycles. The molecule has 9 heteroatoms. The number of sulfonamides is 1. The Hall–Kier alpha value is -2.91. The van der Waals surface area contributed by atoms with Crippen LogP contribution in [0.4, 0.5) is 0 Å². The summed E-state index contributed by atoms with van der Waals surface area (Å²) in [4.78, 5) is 8.72. The molecule has 27 heavy (non-hydrogen) atoms. The lowest BCUT2D eigenvalue weighted by atomic mass is 10.3. The number of aromatic nitrogens is 3. The Morgan fingerprint density at radius 3 is 2.70 bits per heavy atom. The van der Waals surface area contributed by atoms with Gasteiger partial charge in [0.15, 0.2) is 17.3 Å². The normalized spacial score (nSPS) is 13.5. The van der Waals surface area contributed by atoms with Gasteiger partial charge in [-0.25, -0.2) is 18.1 Å². The van der Waals surface area contributed by atoms with E-state index in [9.17, 15) is 8.42 Å². The average Bonchev–Trinajstić information content (AvgIpc) is 3.16. The summed E-state index contributed by atoms with van der Waals surface area (Å²) >= 11 is 0. The van der Waals surface area contributed by atoms with Gasteiger partial charge in [0.25, 0.3) is 0 Å². The number of hydrogen-bond donors (Lipinski definition) is 1. The van der Waals surface area contributed by atoms with Gasteiger partial charge in [-0.2, -0.15) is 0 Å². The van der Waals surface area contributed by atoms with Crippen LogP contribution in [0.1, 0.15) is 0 Å². The lowest BCUT2D eigenvalue weighted by Gasteiger charge is -2.19. The highest BCUT2D eigenvalue weighted by atomic mass is 32.2. The van der Waals surface area contributed by atoms with Gasteiger partial charge in [0.2, 0.25) is 10.0 Å². The maximum Gasteiger partial charge on any atom is 0.240 e. The molecule has 140 valence electrons. The SMILES string of the molecule is O=S(=O)(NCCn1ccnc1-c1ccccn1)c1ccc2c(c1)OCCO2. The van der Waals surface area contributed by atoms with Gasteiger partial charge in [0, 0.05) is 37.7 Å². The van der Waals surface area contributed by atoms with Gasteiger partial charge in [-0.15, -0.1) is 0 Å². The Morgan fingerprint density at radius 1 is 1.04 bits per heavy atom. The number of benzene rings is 1. The third kappa shape index (κ3) is 3.79. The summed E-state index contributed by atoms with van der Waals surface area (Å²) in [6.45, 7) is 1.50. The number of pyridine rings is 1. The maximum absolute atomic E-state index is 12.6. The predicted molar refractivity (Wildman–Crippen MR) is 98.1 cm³/mol. The first-order valence-corrected chi connectivity index (χ1v) is 9.94. The van der Waals surface area contributed by atoms with E-state index >= 15 is 0 Å². The molecule has 3 aromatic rings. The van der Waals surface area contributed by atoms with E-state index in [-0.39, 0.29) is 11.4 Å². The Balaban J connectivity index is 1.44. The van der Waals surface area contributed by atoms with E-state index in [4.69, 9.17) is 9.47 Å². The van der Waals surface area contributed by atoms with Crippen LogP contribution in [0.5, 0.6) is 11.5 Å². The van der Waals surface area contributed by atoms with Crippen molar-refractivity contribution in [1.29, 1.82) is 0 Å². The Bertz CT molecular complexity index is 1030. The molecular weight excluding hydrogens is 368 g/mol. The summed E-state index contributed by atoms with van der Waals surface area (Å²) < 4.78 is 40.4. The molecule has 0 saturated heterocycles. The third-order valence-corrected chi connectivity index (χ3v) is 5.54. The van der Waals surface area contributed by atoms with E-state index in [0.29, 0.717) is 37.1 Å². The van der Waals surface area contributed by atoms with Crippen LogP contribution in [0.25, 0.3) is 11.5 Å². The molecule has 0 radical (unpaired) electrons. The quantitative estimate of drug-likeness (QED) is 0.693. The van der Waals surface area contributed by atoms with Gasteiger partial charge >= 0.3 is 0 Å². The third-order valence-electron chi connectivity index (χ3n) is 4.08. The molecule has 0 bridgehead atoms. The molecule has 0 atom stereocenters. The van der Waals surface area contributed by atoms with Crippen molar-refractivity contribution >= 4 is 10.0 Å². The van der Waals surface area contributed by atoms with Crippen molar-refractivity contribution in [3.63, 3.8) is 0 Å². The fraction of sp³-hybridized carbons (Fsp3) is 0.222. The zero-order valence-electron chi connectivity index (χ0n) is 14.4. The Labute approximate surface area is 156 Å². The van der Waals surface area contributed by atoms with Crippen LogP contribution in [0, 0.1) is 0 Å². The zero-order valence-corrected chi connectivity index (χ0v) is 15.2. The maximum atomic E-state index is 12.6. The van der Waals surface area contributed by atoms with Crippen molar-refractivity contribution in [2.24, 2.45) is 0 Å². The molecule has 0 aliphatic carbocycles. The fourth-order valence-electron chi connectivity index (χ4n) is 2.79. The average molecular weight is 386 g/mol. The van der Waals surface area contributed by atoms with Gasteiger partial charge in [-0.05, 0) is 24.3 Å². The molecule has 4 rings (SSSR count). The number of fused-ring (bicyclic) bond motifs is 1. The standard InChI is InChI=1S/C18H18N4O4S/c23-27(24,14-4-5-16-17(13-14)26-12-11-25-16)21-8-10-22-9-7-20-18(22)15-3-1-2-6-19-15/h1-7,9,13,21H,8,10-12H2. The summed E-state index contributed by atoms with van der Waals surface area (Å²) in [5, 5.41) is 0. The first-order valence-electron chi connectivity index (χ1n) is 8.45. The molecule has 0 unspecified atom stereocenters. The zero-order chi connectivity index (χ0) is 18.7. The largest absolute Gasteiger partial charge is 0.486 e. The molecular formula is C18H18N4O4S. The number of rotatable bonds is 6. The first kappa shape index (κ1) is 17.5. The molecule has 8 nitrogen and oxygen atoms in total. The highest BCUT2D eigenvalue weighted by Gasteiger charge is 2.19. The van der Waals surface area contributed by atoms with E-state index in [0.717, 1.165) is 5.69 Å². The Kier molecular flexibility index (Phi) is 4.78. The highest BCUT2D eigenvalue weighted by Crippen LogP contribution is 2.32. The van der Waals surface area contributed by atoms with Crippen LogP contribution >= 0.6 is 0 Å². The van der Waals surface area contributed by atoms with Crippen molar-refractivity contribution in [2.45, 2.75) is 11.4 Å². The monoisotopic (exact) mass is 386 g/mol. The molecule has 1 aliphatic heterocycles. The van der Waals surface area contributed by atoms with Crippen LogP contribution in [0.3, 0.4) is 0 Å². The van der Waals surface area contributed by atoms with Crippen molar-refractivity contribution in [3.05, 3.63) is 55.0 Å². The summed E-state index contributed by atoms with van der Waals surface area (Å²) in [7, 11) is -3.66. The van der Waals surface area contributed by atoms with Crippen LogP contribution < -0.4 is 14.2 Å². The molecule has 1 N–H and O–H groups in total. The van der Waals surface area contributed by atoms with Crippen molar-refractivity contribution in [1.82, 2.24) is 19.3 Å². The number of nitrogens with one attached hydrogen (secondary N) is 1. The van der Waals surface area contributed by atoms with Crippen molar-refractivity contribution in [2.75, 3.05) is 19.8 Å². The lowest BCUT2D eigenvalue weighted by molar-refractivity contribution is 0.171. The van der Waals surface area contributed by atoms with Crippen LogP contribution in [-0.4, -0.2) is 42.7 Å². The van der Waals surface area contributed by atoms with Crippen LogP contribution in [0.2, 0.25) is 0 Å². The minimum Gasteiger partial charge on any atom is -0.486 e. The van der Waals surface area contributed by atoms with E-state index < -0.39 is 10.0 Å². The van der Waals surface area contributed by atoms with Gasteiger partial charge in [0.05, 0.1) is 4.90 Å². The summed E-state index contributed by atoms with van der Waals surface area (Å²) in [6, 6.07) is 10.2. The number of hydrogen-bond acceptors (Lipinski definition) is 6. The lowest BCUT2D eigenvalue weighted by Crippen LogP contribution is -2.27. The minimum absolute atomic E-state index is 0.141. The second kappa shape index (κ2) is 7.37. The molecule has 1 aliphatic rings. The second-order valence-electron chi connectivity index (χ2n) is 5.86. The molecule has 2 aromatic heterocycles. The van der Waals surface area contributed by atoms with E-state index in [1.807, 2.05) is 22.8 Å².